The number of hydrogen-bond acceptors (Lipinski definition) is 2. The number of rotatable bonds is 3. The van der Waals surface area contributed by atoms with Crippen molar-refractivity contribution >= 4 is 0 Å². The third kappa shape index (κ3) is 1.48. The minimum Gasteiger partial charge on any atom is -0.394 e. The van der Waals surface area contributed by atoms with Gasteiger partial charge in [-0.15, -0.1) is 0 Å². The number of hydrogen-bond donors (Lipinski definition) is 1. The Balaban J connectivity index is 1.63. The van der Waals surface area contributed by atoms with Crippen LogP contribution >= 0.6 is 0 Å². The van der Waals surface area contributed by atoms with Gasteiger partial charge in [0, 0.05) is 24.5 Å². The van der Waals surface area contributed by atoms with Crippen molar-refractivity contribution in [2.75, 3.05) is 19.7 Å². The molecule has 0 bridgehead atoms. The molecule has 1 heterocycles. The first-order valence-corrected chi connectivity index (χ1v) is 5.75. The molecular formula is C13H17NO. The van der Waals surface area contributed by atoms with Crippen LogP contribution < -0.4 is 0 Å². The van der Waals surface area contributed by atoms with E-state index in [2.05, 4.69) is 35.2 Å². The molecular weight excluding hydrogens is 186 g/mol. The van der Waals surface area contributed by atoms with E-state index in [-0.39, 0.29) is 5.54 Å². The molecule has 80 valence electrons. The fraction of sp³-hybridized carbons (Fsp3) is 0.538. The molecule has 0 radical (unpaired) electrons. The quantitative estimate of drug-likeness (QED) is 0.806. The summed E-state index contributed by atoms with van der Waals surface area (Å²) in [5.41, 5.74) is 1.63. The summed E-state index contributed by atoms with van der Waals surface area (Å²) in [6.07, 6.45) is 2.37. The van der Waals surface area contributed by atoms with Gasteiger partial charge in [-0.3, -0.25) is 4.90 Å². The Labute approximate surface area is 90.5 Å². The van der Waals surface area contributed by atoms with Gasteiger partial charge in [-0.25, -0.2) is 0 Å². The zero-order valence-electron chi connectivity index (χ0n) is 8.89. The average molecular weight is 203 g/mol. The number of likely N-dealkylation sites (tertiary alicyclic amines) is 1. The van der Waals surface area contributed by atoms with Crippen LogP contribution in [0.5, 0.6) is 0 Å². The van der Waals surface area contributed by atoms with E-state index in [1.54, 1.807) is 0 Å². The number of aliphatic hydroxyl groups excluding tert-OH is 1. The van der Waals surface area contributed by atoms with Gasteiger partial charge in [-0.1, -0.05) is 30.3 Å². The third-order valence-corrected chi connectivity index (χ3v) is 3.94. The molecule has 1 aliphatic carbocycles. The van der Waals surface area contributed by atoms with Gasteiger partial charge in [0.05, 0.1) is 6.61 Å². The first kappa shape index (κ1) is 9.37. The van der Waals surface area contributed by atoms with E-state index in [9.17, 15) is 5.11 Å². The van der Waals surface area contributed by atoms with E-state index >= 15 is 0 Å². The monoisotopic (exact) mass is 203 g/mol. The molecule has 1 saturated carbocycles. The van der Waals surface area contributed by atoms with Gasteiger partial charge in [0.25, 0.3) is 0 Å². The number of benzene rings is 1. The summed E-state index contributed by atoms with van der Waals surface area (Å²) in [4.78, 5) is 2.45. The molecule has 2 aliphatic rings. The molecule has 1 aliphatic heterocycles. The second-order valence-corrected chi connectivity index (χ2v) is 4.90. The maximum absolute atomic E-state index is 9.31. The highest BCUT2D eigenvalue weighted by Crippen LogP contribution is 2.46. The van der Waals surface area contributed by atoms with E-state index < -0.39 is 0 Å². The molecule has 0 aromatic heterocycles. The van der Waals surface area contributed by atoms with Crippen molar-refractivity contribution in [1.29, 1.82) is 0 Å². The second-order valence-electron chi connectivity index (χ2n) is 4.90. The van der Waals surface area contributed by atoms with Crippen molar-refractivity contribution in [1.82, 2.24) is 4.90 Å². The number of nitrogens with zero attached hydrogens (tertiary/aromatic N) is 1. The van der Waals surface area contributed by atoms with Gasteiger partial charge in [-0.2, -0.15) is 0 Å². The van der Waals surface area contributed by atoms with Crippen LogP contribution in [0.1, 0.15) is 24.3 Å². The second kappa shape index (κ2) is 3.32. The van der Waals surface area contributed by atoms with E-state index in [1.165, 1.54) is 18.4 Å². The summed E-state index contributed by atoms with van der Waals surface area (Å²) in [6.45, 7) is 2.60. The van der Waals surface area contributed by atoms with E-state index in [0.29, 0.717) is 12.5 Å². The summed E-state index contributed by atoms with van der Waals surface area (Å²) in [6, 6.07) is 10.7. The van der Waals surface area contributed by atoms with Crippen LogP contribution in [0.4, 0.5) is 0 Å². The molecule has 1 N–H and O–H groups in total. The van der Waals surface area contributed by atoms with Crippen LogP contribution in [-0.4, -0.2) is 35.2 Å². The van der Waals surface area contributed by atoms with Gasteiger partial charge in [-0.05, 0) is 18.4 Å². The molecule has 15 heavy (non-hydrogen) atoms. The summed E-state index contributed by atoms with van der Waals surface area (Å²) in [5.74, 6) is 0.690. The maximum atomic E-state index is 9.31. The summed E-state index contributed by atoms with van der Waals surface area (Å²) in [7, 11) is 0. The Kier molecular flexibility index (Phi) is 2.08. The summed E-state index contributed by atoms with van der Waals surface area (Å²) in [5, 5.41) is 9.31. The van der Waals surface area contributed by atoms with Crippen LogP contribution in [-0.2, 0) is 0 Å². The highest BCUT2D eigenvalue weighted by atomic mass is 16.3. The summed E-state index contributed by atoms with van der Waals surface area (Å²) >= 11 is 0. The van der Waals surface area contributed by atoms with Crippen molar-refractivity contribution < 1.29 is 5.11 Å². The van der Waals surface area contributed by atoms with Gasteiger partial charge in [0.1, 0.15) is 0 Å². The highest BCUT2D eigenvalue weighted by molar-refractivity contribution is 5.24. The smallest absolute Gasteiger partial charge is 0.0615 e. The van der Waals surface area contributed by atoms with Crippen LogP contribution in [0.2, 0.25) is 0 Å². The predicted octanol–water partition coefficient (Wildman–Crippen LogP) is 1.61. The molecule has 2 heteroatoms. The molecule has 0 atom stereocenters. The SMILES string of the molecule is OCC1(N2CC(c3ccccc3)C2)CC1. The Morgan fingerprint density at radius 1 is 1.20 bits per heavy atom. The molecule has 1 saturated heterocycles. The van der Waals surface area contributed by atoms with Crippen LogP contribution in [0.25, 0.3) is 0 Å². The zero-order chi connectivity index (χ0) is 10.3. The average Bonchev–Trinajstić information content (AvgIpc) is 2.98. The van der Waals surface area contributed by atoms with Crippen molar-refractivity contribution in [3.05, 3.63) is 35.9 Å². The normalized spacial score (nSPS) is 24.9. The van der Waals surface area contributed by atoms with Crippen molar-refractivity contribution in [3.63, 3.8) is 0 Å². The maximum Gasteiger partial charge on any atom is 0.0615 e. The van der Waals surface area contributed by atoms with Gasteiger partial charge in [0.2, 0.25) is 0 Å². The van der Waals surface area contributed by atoms with Crippen molar-refractivity contribution in [2.45, 2.75) is 24.3 Å². The third-order valence-electron chi connectivity index (χ3n) is 3.94. The van der Waals surface area contributed by atoms with E-state index in [0.717, 1.165) is 13.1 Å². The highest BCUT2D eigenvalue weighted by Gasteiger charge is 2.51. The van der Waals surface area contributed by atoms with Gasteiger partial charge in [0.15, 0.2) is 0 Å². The predicted molar refractivity (Wildman–Crippen MR) is 59.8 cm³/mol. The molecule has 2 fully saturated rings. The fourth-order valence-electron chi connectivity index (χ4n) is 2.52. The Hall–Kier alpha value is -0.860. The van der Waals surface area contributed by atoms with Crippen LogP contribution in [0.15, 0.2) is 30.3 Å². The minimum absolute atomic E-state index is 0.186. The van der Waals surface area contributed by atoms with Crippen molar-refractivity contribution in [2.24, 2.45) is 0 Å². The topological polar surface area (TPSA) is 23.5 Å². The lowest BCUT2D eigenvalue weighted by Gasteiger charge is -2.44. The lowest BCUT2D eigenvalue weighted by atomic mass is 9.89. The number of aliphatic hydroxyl groups is 1. The molecule has 3 rings (SSSR count). The Morgan fingerprint density at radius 2 is 1.87 bits per heavy atom. The largest absolute Gasteiger partial charge is 0.394 e. The van der Waals surface area contributed by atoms with Crippen LogP contribution in [0.3, 0.4) is 0 Å². The van der Waals surface area contributed by atoms with E-state index in [1.807, 2.05) is 0 Å². The first-order valence-electron chi connectivity index (χ1n) is 5.75. The van der Waals surface area contributed by atoms with Crippen LogP contribution in [0, 0.1) is 0 Å². The molecule has 2 nitrogen and oxygen atoms in total. The molecule has 1 aromatic rings. The molecule has 0 amide bonds. The molecule has 1 aromatic carbocycles. The minimum atomic E-state index is 0.186. The fourth-order valence-corrected chi connectivity index (χ4v) is 2.52. The first-order chi connectivity index (χ1) is 7.34. The lowest BCUT2D eigenvalue weighted by Crippen LogP contribution is -2.53. The standard InChI is InChI=1S/C13H17NO/c15-10-13(6-7-13)14-8-12(9-14)11-4-2-1-3-5-11/h1-5,12,15H,6-10H2. The van der Waals surface area contributed by atoms with Crippen molar-refractivity contribution in [3.8, 4) is 0 Å². The molecule has 0 unspecified atom stereocenters. The summed E-state index contributed by atoms with van der Waals surface area (Å²) < 4.78 is 0. The zero-order valence-corrected chi connectivity index (χ0v) is 8.89. The lowest BCUT2D eigenvalue weighted by molar-refractivity contribution is 0.0373. The molecule has 0 spiro atoms. The van der Waals surface area contributed by atoms with Gasteiger partial charge < -0.3 is 5.11 Å². The Morgan fingerprint density at radius 3 is 2.40 bits per heavy atom. The van der Waals surface area contributed by atoms with Gasteiger partial charge >= 0.3 is 0 Å². The van der Waals surface area contributed by atoms with E-state index in [4.69, 9.17) is 0 Å². The Bertz CT molecular complexity index is 339.